The van der Waals surface area contributed by atoms with E-state index < -0.39 is 0 Å². The molecule has 5 heterocycles. The second kappa shape index (κ2) is 10.6. The molecule has 10 bridgehead atoms. The van der Waals surface area contributed by atoms with Crippen LogP contribution in [0.1, 0.15) is 102 Å². The van der Waals surface area contributed by atoms with Gasteiger partial charge in [-0.1, -0.05) is 84.6 Å². The topological polar surface area (TPSA) is 72.4 Å². The average Bonchev–Trinajstić information content (AvgIpc) is 3.87. The fraction of sp³-hybridized carbons (Fsp3) is 0.317. The first-order valence-electron chi connectivity index (χ1n) is 16.6. The van der Waals surface area contributed by atoms with Crippen LogP contribution in [-0.4, -0.2) is 24.2 Å². The number of hydrogen-bond donors (Lipinski definition) is 0. The average molecular weight is 684 g/mol. The van der Waals surface area contributed by atoms with E-state index >= 15 is 0 Å². The van der Waals surface area contributed by atoms with Crippen LogP contribution in [0.25, 0.3) is 44.0 Å². The minimum absolute atomic E-state index is 0. The van der Waals surface area contributed by atoms with Gasteiger partial charge in [-0.2, -0.15) is 0 Å². The number of allylic oxidation sites excluding steroid dienone is 2. The molecular formula is C41H38N4O2Zn. The van der Waals surface area contributed by atoms with Crippen LogP contribution >= 0.6 is 0 Å². The third kappa shape index (κ3) is 4.13. The maximum Gasteiger partial charge on any atom is 2.00 e. The van der Waals surface area contributed by atoms with Crippen LogP contribution in [0.2, 0.25) is 0 Å². The van der Waals surface area contributed by atoms with E-state index in [4.69, 9.17) is 29.4 Å². The van der Waals surface area contributed by atoms with Crippen molar-refractivity contribution in [2.24, 2.45) is 0 Å². The molecule has 0 saturated heterocycles. The van der Waals surface area contributed by atoms with Crippen molar-refractivity contribution in [3.63, 3.8) is 0 Å². The van der Waals surface area contributed by atoms with Gasteiger partial charge in [0.1, 0.15) is 11.5 Å². The second-order valence-corrected chi connectivity index (χ2v) is 14.4. The van der Waals surface area contributed by atoms with Gasteiger partial charge >= 0.3 is 19.5 Å². The van der Waals surface area contributed by atoms with Gasteiger partial charge in [0, 0.05) is 57.0 Å². The van der Waals surface area contributed by atoms with Crippen molar-refractivity contribution in [2.45, 2.75) is 71.6 Å². The van der Waals surface area contributed by atoms with E-state index in [0.29, 0.717) is 0 Å². The molecule has 7 heteroatoms. The Morgan fingerprint density at radius 3 is 1.73 bits per heavy atom. The zero-order chi connectivity index (χ0) is 32.5. The molecule has 2 aliphatic heterocycles. The van der Waals surface area contributed by atoms with E-state index in [0.717, 1.165) is 80.0 Å². The Kier molecular flexibility index (Phi) is 6.89. The number of benzene rings is 2. The number of fused-ring (bicyclic) bond motifs is 19. The van der Waals surface area contributed by atoms with Gasteiger partial charge in [0.2, 0.25) is 0 Å². The summed E-state index contributed by atoms with van der Waals surface area (Å²) in [4.78, 5) is 21.0. The molecule has 5 aromatic rings. The SMILES string of the molecule is COc1c2c(c(OC)c3ccccc13)[C@@H]1C[C@H]2c2c1c1cc3nc(cc4[n-]c(cc5nc(cc2[n-]1)C(C)=C5C)c(C)c4C)CC3(C)C.[Zn+2]. The van der Waals surface area contributed by atoms with Crippen molar-refractivity contribution >= 4 is 44.0 Å². The molecule has 0 N–H and O–H groups in total. The molecule has 0 saturated carbocycles. The van der Waals surface area contributed by atoms with Gasteiger partial charge in [0.25, 0.3) is 0 Å². The first-order valence-corrected chi connectivity index (χ1v) is 16.6. The fourth-order valence-electron chi connectivity index (χ4n) is 8.69. The molecule has 48 heavy (non-hydrogen) atoms. The van der Waals surface area contributed by atoms with Gasteiger partial charge in [0.15, 0.2) is 0 Å². The number of hydrogen-bond acceptors (Lipinski definition) is 4. The molecule has 0 radical (unpaired) electrons. The number of methoxy groups -OCH3 is 2. The minimum Gasteiger partial charge on any atom is -0.657 e. The van der Waals surface area contributed by atoms with E-state index in [1.807, 2.05) is 0 Å². The second-order valence-electron chi connectivity index (χ2n) is 14.4. The van der Waals surface area contributed by atoms with E-state index in [1.165, 1.54) is 44.5 Å². The van der Waals surface area contributed by atoms with Crippen molar-refractivity contribution in [2.75, 3.05) is 14.2 Å². The summed E-state index contributed by atoms with van der Waals surface area (Å²) in [6.45, 7) is 13.2. The normalized spacial score (nSPS) is 18.6. The summed E-state index contributed by atoms with van der Waals surface area (Å²) in [5, 5.41) is 2.17. The number of rotatable bonds is 2. The van der Waals surface area contributed by atoms with Crippen LogP contribution in [-0.2, 0) is 31.3 Å². The third-order valence-electron chi connectivity index (χ3n) is 11.4. The molecule has 0 fully saturated rings. The Morgan fingerprint density at radius 1 is 0.667 bits per heavy atom. The predicted molar refractivity (Wildman–Crippen MR) is 189 cm³/mol. The number of nitrogens with zero attached hydrogens (tertiary/aromatic N) is 4. The van der Waals surface area contributed by atoms with Crippen molar-refractivity contribution in [3.8, 4) is 11.5 Å². The summed E-state index contributed by atoms with van der Waals surface area (Å²) in [5.41, 5.74) is 17.6. The van der Waals surface area contributed by atoms with Crippen LogP contribution in [0.4, 0.5) is 0 Å². The van der Waals surface area contributed by atoms with Gasteiger partial charge in [0.05, 0.1) is 25.6 Å². The van der Waals surface area contributed by atoms with Crippen molar-refractivity contribution in [1.29, 1.82) is 0 Å². The largest absolute Gasteiger partial charge is 2.00 e. The Labute approximate surface area is 293 Å². The third-order valence-corrected chi connectivity index (χ3v) is 11.4. The zero-order valence-electron chi connectivity index (χ0n) is 29.0. The molecule has 2 atom stereocenters. The predicted octanol–water partition coefficient (Wildman–Crippen LogP) is 8.81. The first kappa shape index (κ1) is 31.1. The Hall–Kier alpha value is -4.22. The van der Waals surface area contributed by atoms with Gasteiger partial charge in [-0.3, -0.25) is 4.98 Å². The molecule has 2 aromatic carbocycles. The number of aromatic nitrogens is 4. The van der Waals surface area contributed by atoms with Crippen molar-refractivity contribution in [1.82, 2.24) is 19.9 Å². The Balaban J connectivity index is 0.00000336. The van der Waals surface area contributed by atoms with Crippen molar-refractivity contribution in [3.05, 3.63) is 105 Å². The maximum atomic E-state index is 6.22. The monoisotopic (exact) mass is 682 g/mol. The van der Waals surface area contributed by atoms with E-state index in [1.54, 1.807) is 14.2 Å². The summed E-state index contributed by atoms with van der Waals surface area (Å²) in [5.74, 6) is 2.20. The molecular weight excluding hydrogens is 646 g/mol. The quantitative estimate of drug-likeness (QED) is 0.173. The molecule has 6 nitrogen and oxygen atoms in total. The molecule has 9 rings (SSSR count). The minimum atomic E-state index is -0.137. The van der Waals surface area contributed by atoms with Crippen LogP contribution in [0, 0.1) is 13.8 Å². The maximum absolute atomic E-state index is 6.22. The zero-order valence-corrected chi connectivity index (χ0v) is 32.0. The smallest absolute Gasteiger partial charge is 0.657 e. The summed E-state index contributed by atoms with van der Waals surface area (Å²) in [7, 11) is 3.59. The molecule has 236 valence electrons. The number of aryl methyl sites for hydroxylation is 2. The van der Waals surface area contributed by atoms with E-state index in [9.17, 15) is 0 Å². The summed E-state index contributed by atoms with van der Waals surface area (Å²) >= 11 is 0. The van der Waals surface area contributed by atoms with Crippen LogP contribution in [0.3, 0.4) is 0 Å². The molecule has 0 amide bonds. The Morgan fingerprint density at radius 2 is 1.17 bits per heavy atom. The van der Waals surface area contributed by atoms with E-state index in [2.05, 4.69) is 90.1 Å². The summed E-state index contributed by atoms with van der Waals surface area (Å²) < 4.78 is 12.4. The fourth-order valence-corrected chi connectivity index (χ4v) is 8.69. The molecule has 2 aliphatic carbocycles. The molecule has 3 aromatic heterocycles. The van der Waals surface area contributed by atoms with Crippen LogP contribution < -0.4 is 19.4 Å². The first-order chi connectivity index (χ1) is 22.6. The van der Waals surface area contributed by atoms with E-state index in [-0.39, 0.29) is 36.7 Å². The van der Waals surface area contributed by atoms with Gasteiger partial charge in [-0.05, 0) is 45.3 Å². The molecule has 0 unspecified atom stereocenters. The molecule has 4 aliphatic rings. The summed E-state index contributed by atoms with van der Waals surface area (Å²) in [6.07, 6.45) is 1.82. The Bertz CT molecular complexity index is 2430. The number of ether oxygens (including phenoxy) is 2. The molecule has 0 spiro atoms. The standard InChI is InChI=1S/C41H38N4O2.Zn/c1-19-20(2)29-15-30-21(3)22(4)31(44-30)16-32-35-26-14-27(38-37(26)39(46-7)24-11-9-10-12-25(24)40(38)47-8)36(35)33(45-32)17-34-41(5,6)18-23(42-34)13-28(19)43-29;/h9-13,15-17,26-27H,14,18H2,1-8H3;/q-2;+2/t26-,27+;/m0./s1. The van der Waals surface area contributed by atoms with Gasteiger partial charge in [-0.15, -0.1) is 22.1 Å². The van der Waals surface area contributed by atoms with Gasteiger partial charge < -0.3 is 19.4 Å². The van der Waals surface area contributed by atoms with Crippen LogP contribution in [0.5, 0.6) is 11.5 Å². The van der Waals surface area contributed by atoms with Crippen molar-refractivity contribution < 1.29 is 29.0 Å². The summed E-state index contributed by atoms with van der Waals surface area (Å²) in [6, 6.07) is 17.2. The van der Waals surface area contributed by atoms with Gasteiger partial charge in [-0.25, -0.2) is 4.98 Å². The van der Waals surface area contributed by atoms with Crippen LogP contribution in [0.15, 0.2) is 48.5 Å².